The third-order valence-electron chi connectivity index (χ3n) is 4.53. The van der Waals surface area contributed by atoms with E-state index in [1.807, 2.05) is 24.4 Å². The fourth-order valence-corrected chi connectivity index (χ4v) is 2.99. The zero-order valence-electron chi connectivity index (χ0n) is 14.6. The van der Waals surface area contributed by atoms with E-state index in [2.05, 4.69) is 25.5 Å². The van der Waals surface area contributed by atoms with Crippen LogP contribution in [0.1, 0.15) is 40.6 Å². The number of anilines is 1. The van der Waals surface area contributed by atoms with Crippen LogP contribution in [0, 0.1) is 6.92 Å². The van der Waals surface area contributed by atoms with Crippen LogP contribution in [0.2, 0.25) is 0 Å². The summed E-state index contributed by atoms with van der Waals surface area (Å²) in [5.74, 6) is 1.22. The third-order valence-corrected chi connectivity index (χ3v) is 4.53. The van der Waals surface area contributed by atoms with Crippen molar-refractivity contribution in [3.63, 3.8) is 0 Å². The molecule has 0 saturated heterocycles. The van der Waals surface area contributed by atoms with Gasteiger partial charge >= 0.3 is 0 Å². The van der Waals surface area contributed by atoms with Gasteiger partial charge in [-0.3, -0.25) is 4.79 Å². The van der Waals surface area contributed by atoms with Crippen LogP contribution in [0.3, 0.4) is 0 Å². The first kappa shape index (κ1) is 15.7. The predicted molar refractivity (Wildman–Crippen MR) is 97.4 cm³/mol. The molecule has 8 nitrogen and oxygen atoms in total. The zero-order chi connectivity index (χ0) is 18.4. The van der Waals surface area contributed by atoms with Gasteiger partial charge in [-0.25, -0.2) is 9.50 Å². The topological polar surface area (TPSA) is 98.2 Å². The molecule has 1 N–H and O–H groups in total. The van der Waals surface area contributed by atoms with Crippen LogP contribution >= 0.6 is 0 Å². The lowest BCUT2D eigenvalue weighted by Gasteiger charge is -2.05. The van der Waals surface area contributed by atoms with Gasteiger partial charge in [-0.1, -0.05) is 11.2 Å². The summed E-state index contributed by atoms with van der Waals surface area (Å²) in [6.07, 6.45) is 5.70. The van der Waals surface area contributed by atoms with Crippen LogP contribution in [0.15, 0.2) is 47.2 Å². The van der Waals surface area contributed by atoms with Crippen LogP contribution in [0.5, 0.6) is 0 Å². The first-order valence-corrected chi connectivity index (χ1v) is 8.74. The first-order valence-electron chi connectivity index (χ1n) is 8.74. The Morgan fingerprint density at radius 3 is 2.93 bits per heavy atom. The number of carbonyl (C=O) groups is 1. The molecule has 8 heteroatoms. The summed E-state index contributed by atoms with van der Waals surface area (Å²) in [7, 11) is 0. The molecule has 3 heterocycles. The van der Waals surface area contributed by atoms with Gasteiger partial charge in [0.2, 0.25) is 0 Å². The molecule has 0 radical (unpaired) electrons. The monoisotopic (exact) mass is 360 g/mol. The molecule has 0 unspecified atom stereocenters. The Kier molecular flexibility index (Phi) is 3.49. The van der Waals surface area contributed by atoms with Gasteiger partial charge in [-0.05, 0) is 44.0 Å². The molecular formula is C19H16N6O2. The number of amides is 1. The highest BCUT2D eigenvalue weighted by molar-refractivity contribution is 6.08. The van der Waals surface area contributed by atoms with Gasteiger partial charge in [0, 0.05) is 29.1 Å². The number of carbonyl (C=O) groups excluding carboxylic acids is 1. The summed E-state index contributed by atoms with van der Waals surface area (Å²) < 4.78 is 6.81. The fraction of sp³-hybridized carbons (Fsp3) is 0.211. The number of fused-ring (bicyclic) bond motifs is 1. The normalized spacial score (nSPS) is 13.8. The fourth-order valence-electron chi connectivity index (χ4n) is 2.99. The second-order valence-electron chi connectivity index (χ2n) is 6.63. The van der Waals surface area contributed by atoms with Crippen molar-refractivity contribution in [1.82, 2.24) is 24.7 Å². The van der Waals surface area contributed by atoms with Gasteiger partial charge in [0.05, 0.1) is 6.20 Å². The lowest BCUT2D eigenvalue weighted by atomic mass is 10.2. The summed E-state index contributed by atoms with van der Waals surface area (Å²) >= 11 is 0. The Morgan fingerprint density at radius 2 is 2.15 bits per heavy atom. The average Bonchev–Trinajstić information content (AvgIpc) is 3.29. The Balaban J connectivity index is 1.43. The molecule has 0 aliphatic heterocycles. The third kappa shape index (κ3) is 2.95. The van der Waals surface area contributed by atoms with E-state index in [-0.39, 0.29) is 5.91 Å². The zero-order valence-corrected chi connectivity index (χ0v) is 14.6. The number of aromatic nitrogens is 5. The molecule has 1 fully saturated rings. The molecule has 1 aromatic carbocycles. The molecule has 27 heavy (non-hydrogen) atoms. The largest absolute Gasteiger partial charge is 0.334 e. The molecule has 1 saturated carbocycles. The predicted octanol–water partition coefficient (Wildman–Crippen LogP) is 3.22. The van der Waals surface area contributed by atoms with Crippen molar-refractivity contribution < 1.29 is 9.32 Å². The molecule has 0 bridgehead atoms. The van der Waals surface area contributed by atoms with Gasteiger partial charge < -0.3 is 9.84 Å². The lowest BCUT2D eigenvalue weighted by molar-refractivity contribution is 0.102. The van der Waals surface area contributed by atoms with Gasteiger partial charge in [-0.15, -0.1) is 0 Å². The Labute approximate surface area is 154 Å². The van der Waals surface area contributed by atoms with Crippen molar-refractivity contribution in [2.75, 3.05) is 5.32 Å². The van der Waals surface area contributed by atoms with Crippen molar-refractivity contribution in [3.8, 4) is 11.5 Å². The van der Waals surface area contributed by atoms with E-state index in [4.69, 9.17) is 4.52 Å². The highest BCUT2D eigenvalue weighted by Crippen LogP contribution is 2.39. The Hall–Kier alpha value is -3.55. The number of rotatable bonds is 4. The van der Waals surface area contributed by atoms with Crippen molar-refractivity contribution in [1.29, 1.82) is 0 Å². The number of hydrogen-bond acceptors (Lipinski definition) is 6. The maximum atomic E-state index is 12.8. The molecular weight excluding hydrogens is 344 g/mol. The maximum absolute atomic E-state index is 12.8. The van der Waals surface area contributed by atoms with E-state index in [0.29, 0.717) is 34.5 Å². The van der Waals surface area contributed by atoms with E-state index in [1.165, 1.54) is 0 Å². The number of hydrogen-bond donors (Lipinski definition) is 1. The van der Waals surface area contributed by atoms with Crippen molar-refractivity contribution in [3.05, 3.63) is 59.8 Å². The number of nitrogens with one attached hydrogen (secondary N) is 1. The molecule has 5 rings (SSSR count). The molecule has 1 aliphatic rings. The highest BCUT2D eigenvalue weighted by Gasteiger charge is 2.26. The maximum Gasteiger partial charge on any atom is 0.261 e. The van der Waals surface area contributed by atoms with Gasteiger partial charge in [-0.2, -0.15) is 10.1 Å². The average molecular weight is 360 g/mol. The quantitative estimate of drug-likeness (QED) is 0.600. The minimum atomic E-state index is -0.260. The SMILES string of the molecule is Cc1noc(-c2cccc(NC(=O)c3cnn4ccc(C5CC5)nc34)c2)n1. The van der Waals surface area contributed by atoms with Gasteiger partial charge in [0.15, 0.2) is 11.5 Å². The van der Waals surface area contributed by atoms with Crippen LogP contribution in [-0.4, -0.2) is 30.6 Å². The van der Waals surface area contributed by atoms with Crippen molar-refractivity contribution in [2.24, 2.45) is 0 Å². The Morgan fingerprint density at radius 1 is 1.26 bits per heavy atom. The molecule has 1 aliphatic carbocycles. The second-order valence-corrected chi connectivity index (χ2v) is 6.63. The second kappa shape index (κ2) is 6.01. The molecule has 134 valence electrons. The highest BCUT2D eigenvalue weighted by atomic mass is 16.5. The van der Waals surface area contributed by atoms with Crippen LogP contribution in [-0.2, 0) is 0 Å². The van der Waals surface area contributed by atoms with Crippen LogP contribution in [0.4, 0.5) is 5.69 Å². The van der Waals surface area contributed by atoms with Crippen LogP contribution in [0.25, 0.3) is 17.1 Å². The van der Waals surface area contributed by atoms with Crippen molar-refractivity contribution >= 4 is 17.2 Å². The molecule has 0 atom stereocenters. The molecule has 3 aromatic heterocycles. The standard InChI is InChI=1S/C19H16N6O2/c1-11-21-19(27-24-11)13-3-2-4-14(9-13)22-18(26)15-10-20-25-8-7-16(12-5-6-12)23-17(15)25/h2-4,7-10,12H,5-6H2,1H3,(H,22,26). The summed E-state index contributed by atoms with van der Waals surface area (Å²) in [5, 5.41) is 10.9. The van der Waals surface area contributed by atoms with E-state index >= 15 is 0 Å². The summed E-state index contributed by atoms with van der Waals surface area (Å²) in [4.78, 5) is 21.6. The summed E-state index contributed by atoms with van der Waals surface area (Å²) in [6.45, 7) is 1.76. The van der Waals surface area contributed by atoms with E-state index in [9.17, 15) is 4.79 Å². The van der Waals surface area contributed by atoms with Crippen LogP contribution < -0.4 is 5.32 Å². The Bertz CT molecular complexity index is 1160. The van der Waals surface area contributed by atoms with E-state index < -0.39 is 0 Å². The van der Waals surface area contributed by atoms with Crippen molar-refractivity contribution in [2.45, 2.75) is 25.7 Å². The molecule has 4 aromatic rings. The summed E-state index contributed by atoms with van der Waals surface area (Å²) in [6, 6.07) is 9.24. The minimum Gasteiger partial charge on any atom is -0.334 e. The minimum absolute atomic E-state index is 0.260. The molecule has 0 spiro atoms. The lowest BCUT2D eigenvalue weighted by Crippen LogP contribution is -2.12. The smallest absolute Gasteiger partial charge is 0.261 e. The van der Waals surface area contributed by atoms with Gasteiger partial charge in [0.25, 0.3) is 11.8 Å². The number of aryl methyl sites for hydroxylation is 1. The first-order chi connectivity index (χ1) is 13.2. The molecule has 1 amide bonds. The van der Waals surface area contributed by atoms with E-state index in [0.717, 1.165) is 24.1 Å². The van der Waals surface area contributed by atoms with Gasteiger partial charge in [0.1, 0.15) is 5.56 Å². The number of benzene rings is 1. The number of nitrogens with zero attached hydrogens (tertiary/aromatic N) is 5. The van der Waals surface area contributed by atoms with E-state index in [1.54, 1.807) is 29.8 Å². The summed E-state index contributed by atoms with van der Waals surface area (Å²) in [5.41, 5.74) is 3.40.